The molecule has 0 atom stereocenters. The highest BCUT2D eigenvalue weighted by Crippen LogP contribution is 2.28. The van der Waals surface area contributed by atoms with E-state index in [0.29, 0.717) is 23.7 Å². The van der Waals surface area contributed by atoms with Gasteiger partial charge in [-0.15, -0.1) is 0 Å². The summed E-state index contributed by atoms with van der Waals surface area (Å²) < 4.78 is 18.8. The molecule has 2 aromatic rings. The number of ether oxygens (including phenoxy) is 1. The number of hydrogen-bond acceptors (Lipinski definition) is 4. The molecule has 0 saturated carbocycles. The first-order valence-corrected chi connectivity index (χ1v) is 6.63. The molecular weight excluding hydrogens is 269 g/mol. The van der Waals surface area contributed by atoms with Gasteiger partial charge in [0.2, 0.25) is 0 Å². The average molecular weight is 285 g/mol. The van der Waals surface area contributed by atoms with Crippen molar-refractivity contribution in [3.63, 3.8) is 0 Å². The van der Waals surface area contributed by atoms with Crippen molar-refractivity contribution in [2.75, 3.05) is 17.7 Å². The van der Waals surface area contributed by atoms with E-state index in [1.807, 2.05) is 13.0 Å². The fourth-order valence-electron chi connectivity index (χ4n) is 1.80. The molecule has 0 bridgehead atoms. The van der Waals surface area contributed by atoms with Crippen LogP contribution in [-0.4, -0.2) is 6.61 Å². The number of halogens is 1. The quantitative estimate of drug-likeness (QED) is 0.819. The number of nitrogens with zero attached hydrogens (tertiary/aromatic N) is 1. The summed E-state index contributed by atoms with van der Waals surface area (Å²) in [6.45, 7) is 2.60. The molecule has 3 N–H and O–H groups in total. The number of nitrogen functional groups attached to an aromatic ring is 1. The minimum atomic E-state index is -0.535. The number of hydrogen-bond donors (Lipinski definition) is 2. The minimum absolute atomic E-state index is 0.00194. The van der Waals surface area contributed by atoms with Gasteiger partial charge in [0.05, 0.1) is 17.9 Å². The van der Waals surface area contributed by atoms with Crippen molar-refractivity contribution in [1.29, 1.82) is 5.26 Å². The third-order valence-corrected chi connectivity index (χ3v) is 2.85. The van der Waals surface area contributed by atoms with Crippen LogP contribution in [-0.2, 0) is 0 Å². The standard InChI is InChI=1S/C16H16FN3O/c1-2-7-21-16-9-13(4-6-15(16)19)20-12-3-5-14(17)11(8-12)10-18/h3-6,8-9,20H,2,7,19H2,1H3. The van der Waals surface area contributed by atoms with Crippen LogP contribution in [0.5, 0.6) is 5.75 Å². The van der Waals surface area contributed by atoms with Crippen LogP contribution in [0.4, 0.5) is 21.5 Å². The van der Waals surface area contributed by atoms with E-state index in [2.05, 4.69) is 5.32 Å². The maximum atomic E-state index is 13.3. The SMILES string of the molecule is CCCOc1cc(Nc2ccc(F)c(C#N)c2)ccc1N. The van der Waals surface area contributed by atoms with Gasteiger partial charge in [-0.1, -0.05) is 6.92 Å². The molecule has 0 spiro atoms. The molecule has 0 aliphatic rings. The third kappa shape index (κ3) is 3.63. The highest BCUT2D eigenvalue weighted by Gasteiger charge is 2.05. The maximum absolute atomic E-state index is 13.3. The molecule has 0 radical (unpaired) electrons. The Morgan fingerprint density at radius 1 is 1.24 bits per heavy atom. The van der Waals surface area contributed by atoms with E-state index in [4.69, 9.17) is 15.7 Å². The van der Waals surface area contributed by atoms with Crippen LogP contribution in [0.3, 0.4) is 0 Å². The molecular formula is C16H16FN3O. The molecule has 4 nitrogen and oxygen atoms in total. The molecule has 5 heteroatoms. The Morgan fingerprint density at radius 2 is 1.95 bits per heavy atom. The van der Waals surface area contributed by atoms with Gasteiger partial charge in [-0.2, -0.15) is 5.26 Å². The number of nitriles is 1. The van der Waals surface area contributed by atoms with Gasteiger partial charge < -0.3 is 15.8 Å². The van der Waals surface area contributed by atoms with Gasteiger partial charge in [0.1, 0.15) is 17.6 Å². The van der Waals surface area contributed by atoms with Crippen molar-refractivity contribution in [1.82, 2.24) is 0 Å². The second kappa shape index (κ2) is 6.62. The van der Waals surface area contributed by atoms with Gasteiger partial charge in [0, 0.05) is 17.4 Å². The summed E-state index contributed by atoms with van der Waals surface area (Å²) in [5, 5.41) is 11.9. The fraction of sp³-hybridized carbons (Fsp3) is 0.188. The number of anilines is 3. The Hall–Kier alpha value is -2.74. The Balaban J connectivity index is 2.21. The van der Waals surface area contributed by atoms with Crippen molar-refractivity contribution in [3.05, 3.63) is 47.8 Å². The zero-order valence-corrected chi connectivity index (χ0v) is 11.7. The minimum Gasteiger partial charge on any atom is -0.491 e. The van der Waals surface area contributed by atoms with E-state index in [9.17, 15) is 4.39 Å². The zero-order valence-electron chi connectivity index (χ0n) is 11.7. The van der Waals surface area contributed by atoms with E-state index in [0.717, 1.165) is 12.1 Å². The Labute approximate surface area is 123 Å². The summed E-state index contributed by atoms with van der Waals surface area (Å²) in [6.07, 6.45) is 0.889. The Morgan fingerprint density at radius 3 is 2.67 bits per heavy atom. The molecule has 0 heterocycles. The lowest BCUT2D eigenvalue weighted by atomic mass is 10.2. The first-order chi connectivity index (χ1) is 10.1. The number of benzene rings is 2. The molecule has 0 saturated heterocycles. The highest BCUT2D eigenvalue weighted by molar-refractivity contribution is 5.67. The monoisotopic (exact) mass is 285 g/mol. The first kappa shape index (κ1) is 14.7. The second-order valence-electron chi connectivity index (χ2n) is 4.53. The number of rotatable bonds is 5. The Bertz CT molecular complexity index is 680. The van der Waals surface area contributed by atoms with Crippen molar-refractivity contribution in [3.8, 4) is 11.8 Å². The van der Waals surface area contributed by atoms with Gasteiger partial charge in [-0.05, 0) is 36.8 Å². The fourth-order valence-corrected chi connectivity index (χ4v) is 1.80. The molecule has 2 rings (SSSR count). The van der Waals surface area contributed by atoms with Gasteiger partial charge in [0.15, 0.2) is 0 Å². The highest BCUT2D eigenvalue weighted by atomic mass is 19.1. The van der Waals surface area contributed by atoms with Gasteiger partial charge in [-0.25, -0.2) is 4.39 Å². The molecule has 0 amide bonds. The van der Waals surface area contributed by atoms with Gasteiger partial charge >= 0.3 is 0 Å². The Kier molecular flexibility index (Phi) is 4.62. The molecule has 0 aromatic heterocycles. The average Bonchev–Trinajstić information content (AvgIpc) is 2.49. The van der Waals surface area contributed by atoms with E-state index in [-0.39, 0.29) is 5.56 Å². The summed E-state index contributed by atoms with van der Waals surface area (Å²) in [5.74, 6) is 0.0665. The molecule has 0 unspecified atom stereocenters. The molecule has 0 aliphatic carbocycles. The van der Waals surface area contributed by atoms with Crippen LogP contribution in [0.1, 0.15) is 18.9 Å². The van der Waals surface area contributed by atoms with E-state index in [1.165, 1.54) is 12.1 Å². The van der Waals surface area contributed by atoms with Crippen molar-refractivity contribution >= 4 is 17.1 Å². The summed E-state index contributed by atoms with van der Waals surface area (Å²) in [4.78, 5) is 0. The van der Waals surface area contributed by atoms with Crippen molar-refractivity contribution in [2.45, 2.75) is 13.3 Å². The van der Waals surface area contributed by atoms with Crippen LogP contribution < -0.4 is 15.8 Å². The van der Waals surface area contributed by atoms with Crippen LogP contribution in [0.15, 0.2) is 36.4 Å². The first-order valence-electron chi connectivity index (χ1n) is 6.63. The predicted octanol–water partition coefficient (Wildman–Crippen LogP) is 3.81. The normalized spacial score (nSPS) is 9.95. The third-order valence-electron chi connectivity index (χ3n) is 2.85. The van der Waals surface area contributed by atoms with Crippen LogP contribution in [0.25, 0.3) is 0 Å². The van der Waals surface area contributed by atoms with Crippen LogP contribution in [0, 0.1) is 17.1 Å². The molecule has 0 fully saturated rings. The summed E-state index contributed by atoms with van der Waals surface area (Å²) in [5.41, 5.74) is 7.78. The van der Waals surface area contributed by atoms with Crippen LogP contribution >= 0.6 is 0 Å². The summed E-state index contributed by atoms with van der Waals surface area (Å²) in [6, 6.07) is 11.4. The second-order valence-corrected chi connectivity index (χ2v) is 4.53. The topological polar surface area (TPSA) is 71.1 Å². The lowest BCUT2D eigenvalue weighted by Gasteiger charge is -2.12. The lowest BCUT2D eigenvalue weighted by Crippen LogP contribution is -2.00. The molecule has 108 valence electrons. The van der Waals surface area contributed by atoms with Crippen molar-refractivity contribution in [2.24, 2.45) is 0 Å². The molecule has 0 aliphatic heterocycles. The number of nitrogens with one attached hydrogen (secondary N) is 1. The summed E-state index contributed by atoms with van der Waals surface area (Å²) >= 11 is 0. The maximum Gasteiger partial charge on any atom is 0.144 e. The van der Waals surface area contributed by atoms with E-state index >= 15 is 0 Å². The molecule has 21 heavy (non-hydrogen) atoms. The smallest absolute Gasteiger partial charge is 0.144 e. The van der Waals surface area contributed by atoms with E-state index in [1.54, 1.807) is 24.3 Å². The van der Waals surface area contributed by atoms with E-state index < -0.39 is 5.82 Å². The van der Waals surface area contributed by atoms with Crippen LogP contribution in [0.2, 0.25) is 0 Å². The summed E-state index contributed by atoms with van der Waals surface area (Å²) in [7, 11) is 0. The largest absolute Gasteiger partial charge is 0.491 e. The molecule has 2 aromatic carbocycles. The lowest BCUT2D eigenvalue weighted by molar-refractivity contribution is 0.319. The number of nitrogens with two attached hydrogens (primary N) is 1. The van der Waals surface area contributed by atoms with Crippen molar-refractivity contribution < 1.29 is 9.13 Å². The van der Waals surface area contributed by atoms with Gasteiger partial charge in [-0.3, -0.25) is 0 Å². The predicted molar refractivity (Wildman–Crippen MR) is 81.0 cm³/mol. The van der Waals surface area contributed by atoms with Gasteiger partial charge in [0.25, 0.3) is 0 Å². The zero-order chi connectivity index (χ0) is 15.2.